The summed E-state index contributed by atoms with van der Waals surface area (Å²) in [7, 11) is 0. The third kappa shape index (κ3) is 6.47. The van der Waals surface area contributed by atoms with Crippen molar-refractivity contribution >= 4 is 11.9 Å². The van der Waals surface area contributed by atoms with Gasteiger partial charge in [0, 0.05) is 0 Å². The number of carboxylic acid groups (broad SMARTS) is 2. The lowest BCUT2D eigenvalue weighted by atomic mass is 9.84. The fourth-order valence-electron chi connectivity index (χ4n) is 3.51. The summed E-state index contributed by atoms with van der Waals surface area (Å²) < 4.78 is 0. The maximum absolute atomic E-state index is 11.8. The predicted molar refractivity (Wildman–Crippen MR) is 105 cm³/mol. The van der Waals surface area contributed by atoms with Gasteiger partial charge in [-0.15, -0.1) is 0 Å². The Bertz CT molecular complexity index is 592. The van der Waals surface area contributed by atoms with Crippen molar-refractivity contribution in [2.24, 2.45) is 0 Å². The van der Waals surface area contributed by atoms with Gasteiger partial charge in [0.15, 0.2) is 0 Å². The normalized spacial score (nSPS) is 12.1. The first kappa shape index (κ1) is 22.2. The van der Waals surface area contributed by atoms with Gasteiger partial charge in [0.2, 0.25) is 0 Å². The van der Waals surface area contributed by atoms with Crippen molar-refractivity contribution in [2.45, 2.75) is 90.9 Å². The molecule has 0 aliphatic carbocycles. The van der Waals surface area contributed by atoms with Gasteiger partial charge in [0.25, 0.3) is 0 Å². The van der Waals surface area contributed by atoms with Gasteiger partial charge in [-0.3, -0.25) is 0 Å². The van der Waals surface area contributed by atoms with E-state index in [4.69, 9.17) is 0 Å². The van der Waals surface area contributed by atoms with Gasteiger partial charge in [-0.05, 0) is 42.4 Å². The number of aryl methyl sites for hydroxylation is 1. The maximum Gasteiger partial charge on any atom is 0.336 e. The minimum absolute atomic E-state index is 0.0242. The molecule has 0 spiro atoms. The summed E-state index contributed by atoms with van der Waals surface area (Å²) >= 11 is 0. The summed E-state index contributed by atoms with van der Waals surface area (Å²) in [4.78, 5) is 23.2. The summed E-state index contributed by atoms with van der Waals surface area (Å²) in [5.74, 6) is -2.29. The number of rotatable bonds is 13. The summed E-state index contributed by atoms with van der Waals surface area (Å²) in [5, 5.41) is 19.0. The Balaban J connectivity index is 2.83. The van der Waals surface area contributed by atoms with Gasteiger partial charge < -0.3 is 10.2 Å². The van der Waals surface area contributed by atoms with E-state index in [-0.39, 0.29) is 17.0 Å². The van der Waals surface area contributed by atoms with Gasteiger partial charge >= 0.3 is 11.9 Å². The Morgan fingerprint density at radius 3 is 1.96 bits per heavy atom. The SMILES string of the molecule is CCCCCCCCCCc1ccc(C(=O)O)c(C(=O)O)c1C(C)CC. The van der Waals surface area contributed by atoms with E-state index in [1.807, 2.05) is 19.9 Å². The van der Waals surface area contributed by atoms with Gasteiger partial charge in [-0.25, -0.2) is 9.59 Å². The Morgan fingerprint density at radius 2 is 1.46 bits per heavy atom. The van der Waals surface area contributed by atoms with E-state index in [9.17, 15) is 19.8 Å². The third-order valence-electron chi connectivity index (χ3n) is 5.18. The lowest BCUT2D eigenvalue weighted by Crippen LogP contribution is -2.15. The quantitative estimate of drug-likeness (QED) is 0.405. The molecule has 1 atom stereocenters. The molecule has 2 N–H and O–H groups in total. The molecule has 146 valence electrons. The second-order valence-corrected chi connectivity index (χ2v) is 7.21. The molecule has 4 heteroatoms. The van der Waals surface area contributed by atoms with Crippen molar-refractivity contribution < 1.29 is 19.8 Å². The van der Waals surface area contributed by atoms with E-state index >= 15 is 0 Å². The van der Waals surface area contributed by atoms with Gasteiger partial charge in [0.05, 0.1) is 11.1 Å². The van der Waals surface area contributed by atoms with Crippen molar-refractivity contribution in [2.75, 3.05) is 0 Å². The van der Waals surface area contributed by atoms with Crippen molar-refractivity contribution in [3.8, 4) is 0 Å². The van der Waals surface area contributed by atoms with E-state index in [1.165, 1.54) is 44.6 Å². The standard InChI is InChI=1S/C22H34O4/c1-4-6-7-8-9-10-11-12-13-17-14-15-18(21(23)24)20(22(25)26)19(17)16(3)5-2/h14-16H,4-13H2,1-3H3,(H,23,24)(H,25,26). The van der Waals surface area contributed by atoms with Crippen LogP contribution in [0.15, 0.2) is 12.1 Å². The van der Waals surface area contributed by atoms with E-state index in [0.717, 1.165) is 31.2 Å². The van der Waals surface area contributed by atoms with Crippen LogP contribution in [0.4, 0.5) is 0 Å². The fraction of sp³-hybridized carbons (Fsp3) is 0.636. The molecule has 1 unspecified atom stereocenters. The molecule has 0 saturated heterocycles. The van der Waals surface area contributed by atoms with Crippen LogP contribution in [0.3, 0.4) is 0 Å². The maximum atomic E-state index is 11.8. The van der Waals surface area contributed by atoms with Crippen LogP contribution in [-0.4, -0.2) is 22.2 Å². The second-order valence-electron chi connectivity index (χ2n) is 7.21. The number of carboxylic acids is 2. The number of carbonyl (C=O) groups is 2. The van der Waals surface area contributed by atoms with Crippen LogP contribution in [-0.2, 0) is 6.42 Å². The van der Waals surface area contributed by atoms with Crippen molar-refractivity contribution in [1.29, 1.82) is 0 Å². The zero-order valence-corrected chi connectivity index (χ0v) is 16.5. The summed E-state index contributed by atoms with van der Waals surface area (Å²) in [5.41, 5.74) is 1.58. The summed E-state index contributed by atoms with van der Waals surface area (Å²) in [6, 6.07) is 3.27. The molecule has 0 aromatic heterocycles. The van der Waals surface area contributed by atoms with Gasteiger partial charge in [-0.1, -0.05) is 71.8 Å². The average Bonchev–Trinajstić information content (AvgIpc) is 2.62. The van der Waals surface area contributed by atoms with E-state index < -0.39 is 11.9 Å². The van der Waals surface area contributed by atoms with Gasteiger partial charge in [0.1, 0.15) is 0 Å². The molecule has 0 amide bonds. The minimum atomic E-state index is -1.18. The largest absolute Gasteiger partial charge is 0.478 e. The lowest BCUT2D eigenvalue weighted by molar-refractivity contribution is 0.0650. The Kier molecular flexibility index (Phi) is 10.0. The molecule has 0 radical (unpaired) electrons. The molecule has 1 aromatic carbocycles. The minimum Gasteiger partial charge on any atom is -0.478 e. The van der Waals surface area contributed by atoms with E-state index in [1.54, 1.807) is 0 Å². The van der Waals surface area contributed by atoms with Crippen molar-refractivity contribution in [1.82, 2.24) is 0 Å². The van der Waals surface area contributed by atoms with E-state index in [2.05, 4.69) is 6.92 Å². The Labute approximate surface area is 157 Å². The molecule has 26 heavy (non-hydrogen) atoms. The fourth-order valence-corrected chi connectivity index (χ4v) is 3.51. The zero-order valence-electron chi connectivity index (χ0n) is 16.5. The molecule has 4 nitrogen and oxygen atoms in total. The predicted octanol–water partition coefficient (Wildman–Crippen LogP) is 6.28. The lowest BCUT2D eigenvalue weighted by Gasteiger charge is -2.19. The molecule has 0 heterocycles. The molecule has 0 aliphatic heterocycles. The monoisotopic (exact) mass is 362 g/mol. The highest BCUT2D eigenvalue weighted by atomic mass is 16.4. The van der Waals surface area contributed by atoms with Crippen LogP contribution in [0.25, 0.3) is 0 Å². The zero-order chi connectivity index (χ0) is 19.5. The third-order valence-corrected chi connectivity index (χ3v) is 5.18. The first-order valence-corrected chi connectivity index (χ1v) is 10.1. The summed E-state index contributed by atoms with van der Waals surface area (Å²) in [6.45, 7) is 6.20. The van der Waals surface area contributed by atoms with E-state index in [0.29, 0.717) is 5.56 Å². The van der Waals surface area contributed by atoms with Crippen LogP contribution in [0.2, 0.25) is 0 Å². The molecule has 1 aromatic rings. The van der Waals surface area contributed by atoms with Crippen LogP contribution in [0.5, 0.6) is 0 Å². The number of benzene rings is 1. The highest BCUT2D eigenvalue weighted by Gasteiger charge is 2.25. The highest BCUT2D eigenvalue weighted by molar-refractivity contribution is 6.03. The average molecular weight is 363 g/mol. The first-order valence-electron chi connectivity index (χ1n) is 10.1. The Hall–Kier alpha value is -1.84. The van der Waals surface area contributed by atoms with Crippen molar-refractivity contribution in [3.05, 3.63) is 34.4 Å². The summed E-state index contributed by atoms with van der Waals surface area (Å²) in [6.07, 6.45) is 11.4. The molecule has 0 fully saturated rings. The highest BCUT2D eigenvalue weighted by Crippen LogP contribution is 2.30. The number of aromatic carboxylic acids is 2. The van der Waals surface area contributed by atoms with Crippen molar-refractivity contribution in [3.63, 3.8) is 0 Å². The number of hydrogen-bond acceptors (Lipinski definition) is 2. The second kappa shape index (κ2) is 11.7. The Morgan fingerprint density at radius 1 is 0.885 bits per heavy atom. The molecule has 0 bridgehead atoms. The molecule has 0 saturated carbocycles. The molecular formula is C22H34O4. The van der Waals surface area contributed by atoms with Crippen LogP contribution >= 0.6 is 0 Å². The van der Waals surface area contributed by atoms with Gasteiger partial charge in [-0.2, -0.15) is 0 Å². The number of unbranched alkanes of at least 4 members (excludes halogenated alkanes) is 7. The van der Waals surface area contributed by atoms with Crippen LogP contribution in [0, 0.1) is 0 Å². The topological polar surface area (TPSA) is 74.6 Å². The molecule has 1 rings (SSSR count). The molecular weight excluding hydrogens is 328 g/mol. The molecule has 0 aliphatic rings. The first-order chi connectivity index (χ1) is 12.4. The number of hydrogen-bond donors (Lipinski definition) is 2. The smallest absolute Gasteiger partial charge is 0.336 e. The van der Waals surface area contributed by atoms with Crippen LogP contribution < -0.4 is 0 Å². The van der Waals surface area contributed by atoms with Crippen LogP contribution in [0.1, 0.15) is 116 Å².